The van der Waals surface area contributed by atoms with Crippen molar-refractivity contribution < 1.29 is 14.7 Å². The van der Waals surface area contributed by atoms with Gasteiger partial charge in [0.1, 0.15) is 0 Å². The zero-order valence-corrected chi connectivity index (χ0v) is 14.1. The number of fused-ring (bicyclic) bond motifs is 1. The van der Waals surface area contributed by atoms with E-state index in [0.717, 1.165) is 0 Å². The molecule has 8 heteroatoms. The summed E-state index contributed by atoms with van der Waals surface area (Å²) in [5, 5.41) is 17.8. The Morgan fingerprint density at radius 1 is 1.30 bits per heavy atom. The van der Waals surface area contributed by atoms with Crippen LogP contribution in [0.4, 0.5) is 0 Å². The summed E-state index contributed by atoms with van der Waals surface area (Å²) >= 11 is 6.11. The molecule has 0 bridgehead atoms. The molecule has 126 valence electrons. The maximum absolute atomic E-state index is 12.6. The normalized spacial score (nSPS) is 27.7. The molecule has 3 heterocycles. The zero-order valence-electron chi connectivity index (χ0n) is 13.3. The Labute approximate surface area is 139 Å². The fraction of sp³-hybridized carbons (Fsp3) is 0.667. The molecule has 0 spiro atoms. The highest BCUT2D eigenvalue weighted by molar-refractivity contribution is 6.34. The predicted molar refractivity (Wildman–Crippen MR) is 84.2 cm³/mol. The van der Waals surface area contributed by atoms with Gasteiger partial charge in [-0.1, -0.05) is 11.6 Å². The third-order valence-electron chi connectivity index (χ3n) is 5.08. The number of aryl methyl sites for hydroxylation is 1. The van der Waals surface area contributed by atoms with Crippen molar-refractivity contribution in [3.05, 3.63) is 16.4 Å². The van der Waals surface area contributed by atoms with Crippen LogP contribution in [0.1, 0.15) is 35.9 Å². The molecule has 23 heavy (non-hydrogen) atoms. The maximum atomic E-state index is 12.6. The third kappa shape index (κ3) is 2.83. The first-order valence-corrected chi connectivity index (χ1v) is 8.17. The molecule has 0 radical (unpaired) electrons. The number of hydrogen-bond acceptors (Lipinski definition) is 4. The second kappa shape index (κ2) is 5.79. The minimum Gasteiger partial charge on any atom is -0.389 e. The average molecular weight is 341 g/mol. The molecule has 7 nitrogen and oxygen atoms in total. The number of aromatic nitrogens is 2. The number of rotatable bonds is 1. The molecule has 0 saturated carbocycles. The monoisotopic (exact) mass is 340 g/mol. The van der Waals surface area contributed by atoms with Crippen LogP contribution in [-0.2, 0) is 4.79 Å². The van der Waals surface area contributed by atoms with Crippen LogP contribution in [0.2, 0.25) is 5.02 Å². The third-order valence-corrected chi connectivity index (χ3v) is 5.54. The van der Waals surface area contributed by atoms with Gasteiger partial charge >= 0.3 is 0 Å². The Bertz CT molecular complexity index is 647. The van der Waals surface area contributed by atoms with Crippen LogP contribution < -0.4 is 0 Å². The number of halogens is 1. The smallest absolute Gasteiger partial charge is 0.275 e. The largest absolute Gasteiger partial charge is 0.389 e. The van der Waals surface area contributed by atoms with Crippen LogP contribution >= 0.6 is 11.6 Å². The lowest BCUT2D eigenvalue weighted by Crippen LogP contribution is -2.61. The van der Waals surface area contributed by atoms with Gasteiger partial charge in [-0.05, 0) is 19.8 Å². The molecule has 1 aromatic heterocycles. The summed E-state index contributed by atoms with van der Waals surface area (Å²) in [5.41, 5.74) is 0.0754. The van der Waals surface area contributed by atoms with E-state index in [2.05, 4.69) is 10.2 Å². The second-order valence-corrected chi connectivity index (χ2v) is 6.91. The number of aromatic amines is 1. The van der Waals surface area contributed by atoms with E-state index in [1.54, 1.807) is 16.7 Å². The number of nitrogens with one attached hydrogen (secondary N) is 1. The summed E-state index contributed by atoms with van der Waals surface area (Å²) in [7, 11) is 0. The molecule has 0 aromatic carbocycles. The quantitative estimate of drug-likeness (QED) is 0.792. The average Bonchev–Trinajstić information content (AvgIpc) is 2.85. The van der Waals surface area contributed by atoms with E-state index in [1.807, 2.05) is 0 Å². The van der Waals surface area contributed by atoms with Crippen LogP contribution in [0, 0.1) is 12.8 Å². The number of amides is 2. The SMILES string of the molecule is CC(=O)N1CC[C@]2(O)CCN(C(=O)c3n[nH]c(C)c3Cl)C[C@@H]2C1. The van der Waals surface area contributed by atoms with Crippen molar-refractivity contribution in [1.82, 2.24) is 20.0 Å². The Hall–Kier alpha value is -1.60. The minimum absolute atomic E-state index is 0.00136. The topological polar surface area (TPSA) is 89.5 Å². The standard InChI is InChI=1S/C15H21ClN4O3/c1-9-12(16)13(18-17-9)14(22)20-6-4-15(23)3-5-19(10(2)21)7-11(15)8-20/h11,23H,3-8H2,1-2H3,(H,17,18)/t11-,15-/m0/s1. The Morgan fingerprint density at radius 3 is 2.48 bits per heavy atom. The molecule has 0 aliphatic carbocycles. The van der Waals surface area contributed by atoms with Gasteiger partial charge in [-0.3, -0.25) is 14.7 Å². The number of likely N-dealkylation sites (tertiary alicyclic amines) is 2. The molecule has 1 aromatic rings. The fourth-order valence-electron chi connectivity index (χ4n) is 3.48. The van der Waals surface area contributed by atoms with E-state index >= 15 is 0 Å². The molecular formula is C15H21ClN4O3. The van der Waals surface area contributed by atoms with E-state index in [-0.39, 0.29) is 23.4 Å². The lowest BCUT2D eigenvalue weighted by atomic mass is 9.75. The van der Waals surface area contributed by atoms with Crippen molar-refractivity contribution in [2.45, 2.75) is 32.3 Å². The van der Waals surface area contributed by atoms with Crippen molar-refractivity contribution in [2.75, 3.05) is 26.2 Å². The van der Waals surface area contributed by atoms with Gasteiger partial charge < -0.3 is 14.9 Å². The van der Waals surface area contributed by atoms with Gasteiger partial charge in [0.2, 0.25) is 5.91 Å². The maximum Gasteiger partial charge on any atom is 0.275 e. The lowest BCUT2D eigenvalue weighted by Gasteiger charge is -2.50. The van der Waals surface area contributed by atoms with E-state index in [9.17, 15) is 14.7 Å². The number of carbonyl (C=O) groups is 2. The van der Waals surface area contributed by atoms with Gasteiger partial charge in [0.05, 0.1) is 16.3 Å². The zero-order chi connectivity index (χ0) is 16.8. The van der Waals surface area contributed by atoms with Crippen molar-refractivity contribution in [1.29, 1.82) is 0 Å². The molecular weight excluding hydrogens is 320 g/mol. The van der Waals surface area contributed by atoms with Gasteiger partial charge in [0.15, 0.2) is 5.69 Å². The molecule has 2 aliphatic heterocycles. The summed E-state index contributed by atoms with van der Waals surface area (Å²) in [6, 6.07) is 0. The van der Waals surface area contributed by atoms with Crippen LogP contribution in [0.3, 0.4) is 0 Å². The number of carbonyl (C=O) groups excluding carboxylic acids is 2. The number of nitrogens with zero attached hydrogens (tertiary/aromatic N) is 3. The van der Waals surface area contributed by atoms with E-state index in [4.69, 9.17) is 11.6 Å². The molecule has 2 N–H and O–H groups in total. The van der Waals surface area contributed by atoms with Gasteiger partial charge in [0, 0.05) is 39.0 Å². The van der Waals surface area contributed by atoms with Crippen LogP contribution in [0.15, 0.2) is 0 Å². The number of piperidine rings is 2. The number of hydrogen-bond donors (Lipinski definition) is 2. The van der Waals surface area contributed by atoms with Gasteiger partial charge in [-0.2, -0.15) is 5.10 Å². The van der Waals surface area contributed by atoms with E-state index in [0.29, 0.717) is 49.7 Å². The highest BCUT2D eigenvalue weighted by Crippen LogP contribution is 2.36. The highest BCUT2D eigenvalue weighted by atomic mass is 35.5. The first kappa shape index (κ1) is 16.3. The Kier molecular flexibility index (Phi) is 4.10. The molecule has 2 fully saturated rings. The van der Waals surface area contributed by atoms with Crippen molar-refractivity contribution in [3.8, 4) is 0 Å². The van der Waals surface area contributed by atoms with Crippen LogP contribution in [-0.4, -0.2) is 68.7 Å². The van der Waals surface area contributed by atoms with E-state index in [1.165, 1.54) is 6.92 Å². The van der Waals surface area contributed by atoms with Gasteiger partial charge in [0.25, 0.3) is 5.91 Å². The van der Waals surface area contributed by atoms with Crippen LogP contribution in [0.5, 0.6) is 0 Å². The summed E-state index contributed by atoms with van der Waals surface area (Å²) < 4.78 is 0. The molecule has 2 atom stereocenters. The first-order chi connectivity index (χ1) is 10.8. The Morgan fingerprint density at radius 2 is 1.91 bits per heavy atom. The van der Waals surface area contributed by atoms with Crippen molar-refractivity contribution >= 4 is 23.4 Å². The van der Waals surface area contributed by atoms with Gasteiger partial charge in [-0.15, -0.1) is 0 Å². The van der Waals surface area contributed by atoms with E-state index < -0.39 is 5.60 Å². The van der Waals surface area contributed by atoms with Crippen LogP contribution in [0.25, 0.3) is 0 Å². The summed E-state index contributed by atoms with van der Waals surface area (Å²) in [5.74, 6) is -0.375. The molecule has 0 unspecified atom stereocenters. The number of aliphatic hydroxyl groups is 1. The number of H-pyrrole nitrogens is 1. The predicted octanol–water partition coefficient (Wildman–Crippen LogP) is 0.817. The molecule has 2 aliphatic rings. The summed E-state index contributed by atoms with van der Waals surface area (Å²) in [6.45, 7) is 5.20. The summed E-state index contributed by atoms with van der Waals surface area (Å²) in [4.78, 5) is 27.6. The lowest BCUT2D eigenvalue weighted by molar-refractivity contribution is -0.143. The first-order valence-electron chi connectivity index (χ1n) is 7.79. The highest BCUT2D eigenvalue weighted by Gasteiger charge is 2.46. The van der Waals surface area contributed by atoms with Crippen molar-refractivity contribution in [2.24, 2.45) is 5.92 Å². The second-order valence-electron chi connectivity index (χ2n) is 6.53. The fourth-order valence-corrected chi connectivity index (χ4v) is 3.65. The summed E-state index contributed by atoms with van der Waals surface area (Å²) in [6.07, 6.45) is 1.07. The van der Waals surface area contributed by atoms with Gasteiger partial charge in [-0.25, -0.2) is 0 Å². The molecule has 3 rings (SSSR count). The molecule has 2 saturated heterocycles. The van der Waals surface area contributed by atoms with Crippen molar-refractivity contribution in [3.63, 3.8) is 0 Å². The Balaban J connectivity index is 1.76. The minimum atomic E-state index is -0.798. The molecule has 2 amide bonds.